The molecular formula is C19H17Cl2FN2O2. The van der Waals surface area contributed by atoms with Crippen LogP contribution in [0, 0.1) is 11.7 Å². The first-order chi connectivity index (χ1) is 12.5. The molecule has 1 unspecified atom stereocenters. The first-order valence-corrected chi connectivity index (χ1v) is 8.97. The average Bonchev–Trinajstić information content (AvgIpc) is 2.99. The highest BCUT2D eigenvalue weighted by molar-refractivity contribution is 6.44. The van der Waals surface area contributed by atoms with Gasteiger partial charge in [0.2, 0.25) is 11.8 Å². The molecule has 1 heterocycles. The van der Waals surface area contributed by atoms with Crippen molar-refractivity contribution in [1.82, 2.24) is 4.90 Å². The molecule has 1 aliphatic heterocycles. The minimum atomic E-state index is -0.474. The van der Waals surface area contributed by atoms with E-state index in [0.29, 0.717) is 35.8 Å². The third-order valence-electron chi connectivity index (χ3n) is 4.40. The molecule has 1 saturated heterocycles. The number of amides is 2. The van der Waals surface area contributed by atoms with E-state index in [1.807, 2.05) is 0 Å². The van der Waals surface area contributed by atoms with Gasteiger partial charge in [-0.05, 0) is 30.2 Å². The normalized spacial score (nSPS) is 16.8. The number of benzene rings is 2. The average molecular weight is 395 g/mol. The molecule has 0 spiro atoms. The molecule has 1 N–H and O–H groups in total. The van der Waals surface area contributed by atoms with Crippen LogP contribution in [0.15, 0.2) is 42.5 Å². The summed E-state index contributed by atoms with van der Waals surface area (Å²) in [4.78, 5) is 26.2. The summed E-state index contributed by atoms with van der Waals surface area (Å²) in [6.45, 7) is 0.679. The van der Waals surface area contributed by atoms with Gasteiger partial charge in [0.25, 0.3) is 0 Å². The molecule has 1 fully saturated rings. The Bertz CT molecular complexity index is 844. The maximum Gasteiger partial charge on any atom is 0.229 e. The first kappa shape index (κ1) is 18.7. The minimum absolute atomic E-state index is 0.112. The molecule has 4 nitrogen and oxygen atoms in total. The Balaban J connectivity index is 1.59. The van der Waals surface area contributed by atoms with Crippen molar-refractivity contribution in [2.45, 2.75) is 12.8 Å². The Morgan fingerprint density at radius 1 is 1.19 bits per heavy atom. The van der Waals surface area contributed by atoms with Gasteiger partial charge in [-0.25, -0.2) is 4.39 Å². The van der Waals surface area contributed by atoms with Crippen molar-refractivity contribution in [1.29, 1.82) is 0 Å². The molecular weight excluding hydrogens is 378 g/mol. The molecule has 0 saturated carbocycles. The van der Waals surface area contributed by atoms with Crippen molar-refractivity contribution in [3.8, 4) is 0 Å². The molecule has 7 heteroatoms. The summed E-state index contributed by atoms with van der Waals surface area (Å²) in [5, 5.41) is 3.34. The van der Waals surface area contributed by atoms with E-state index in [1.54, 1.807) is 41.3 Å². The maximum absolute atomic E-state index is 13.7. The predicted octanol–water partition coefficient (Wildman–Crippen LogP) is 4.16. The Hall–Kier alpha value is -2.11. The highest BCUT2D eigenvalue weighted by atomic mass is 35.5. The van der Waals surface area contributed by atoms with E-state index in [2.05, 4.69) is 5.32 Å². The zero-order valence-electron chi connectivity index (χ0n) is 13.8. The van der Waals surface area contributed by atoms with Gasteiger partial charge < -0.3 is 10.2 Å². The molecule has 0 aromatic heterocycles. The SMILES string of the molecule is O=C(Nc1cccc(Cl)c1Cl)C1CC(=O)N(CCc2ccccc2F)C1. The fourth-order valence-corrected chi connectivity index (χ4v) is 3.30. The molecule has 26 heavy (non-hydrogen) atoms. The lowest BCUT2D eigenvalue weighted by Crippen LogP contribution is -2.30. The second-order valence-electron chi connectivity index (χ2n) is 6.17. The van der Waals surface area contributed by atoms with Crippen LogP contribution in [0.2, 0.25) is 10.0 Å². The van der Waals surface area contributed by atoms with Crippen molar-refractivity contribution in [2.75, 3.05) is 18.4 Å². The van der Waals surface area contributed by atoms with E-state index < -0.39 is 5.92 Å². The molecule has 3 rings (SSSR count). The Morgan fingerprint density at radius 2 is 1.96 bits per heavy atom. The van der Waals surface area contributed by atoms with Crippen LogP contribution in [-0.2, 0) is 16.0 Å². The molecule has 2 aromatic rings. The van der Waals surface area contributed by atoms with Crippen LogP contribution in [0.4, 0.5) is 10.1 Å². The highest BCUT2D eigenvalue weighted by Gasteiger charge is 2.34. The minimum Gasteiger partial charge on any atom is -0.342 e. The Morgan fingerprint density at radius 3 is 2.73 bits per heavy atom. The zero-order valence-corrected chi connectivity index (χ0v) is 15.4. The third kappa shape index (κ3) is 4.17. The molecule has 0 radical (unpaired) electrons. The van der Waals surface area contributed by atoms with E-state index in [1.165, 1.54) is 6.07 Å². The highest BCUT2D eigenvalue weighted by Crippen LogP contribution is 2.30. The van der Waals surface area contributed by atoms with Crippen molar-refractivity contribution < 1.29 is 14.0 Å². The van der Waals surface area contributed by atoms with Gasteiger partial charge in [-0.15, -0.1) is 0 Å². The van der Waals surface area contributed by atoms with Gasteiger partial charge in [-0.2, -0.15) is 0 Å². The van der Waals surface area contributed by atoms with Crippen LogP contribution in [0.3, 0.4) is 0 Å². The number of nitrogens with one attached hydrogen (secondary N) is 1. The number of anilines is 1. The van der Waals surface area contributed by atoms with Crippen LogP contribution in [0.1, 0.15) is 12.0 Å². The summed E-state index contributed by atoms with van der Waals surface area (Å²) in [5.41, 5.74) is 0.973. The van der Waals surface area contributed by atoms with E-state index >= 15 is 0 Å². The largest absolute Gasteiger partial charge is 0.342 e. The smallest absolute Gasteiger partial charge is 0.229 e. The van der Waals surface area contributed by atoms with Crippen LogP contribution < -0.4 is 5.32 Å². The third-order valence-corrected chi connectivity index (χ3v) is 5.22. The summed E-state index contributed by atoms with van der Waals surface area (Å²) < 4.78 is 13.7. The van der Waals surface area contributed by atoms with Crippen LogP contribution in [-0.4, -0.2) is 29.8 Å². The van der Waals surface area contributed by atoms with Gasteiger partial charge in [-0.1, -0.05) is 47.5 Å². The lowest BCUT2D eigenvalue weighted by molar-refractivity contribution is -0.128. The molecule has 1 atom stereocenters. The van der Waals surface area contributed by atoms with Crippen LogP contribution in [0.25, 0.3) is 0 Å². The topological polar surface area (TPSA) is 49.4 Å². The Kier molecular flexibility index (Phi) is 5.79. The number of nitrogens with zero attached hydrogens (tertiary/aromatic N) is 1. The molecule has 2 aromatic carbocycles. The molecule has 1 aliphatic rings. The van der Waals surface area contributed by atoms with Gasteiger partial charge in [0.05, 0.1) is 21.7 Å². The molecule has 0 bridgehead atoms. The second kappa shape index (κ2) is 8.06. The summed E-state index contributed by atoms with van der Waals surface area (Å²) in [5.74, 6) is -1.16. The van der Waals surface area contributed by atoms with E-state index in [4.69, 9.17) is 23.2 Å². The number of hydrogen-bond acceptors (Lipinski definition) is 2. The standard InChI is InChI=1S/C19H17Cl2FN2O2/c20-14-5-3-7-16(18(14)21)23-19(26)13-10-17(25)24(11-13)9-8-12-4-1-2-6-15(12)22/h1-7,13H,8-11H2,(H,23,26). The van der Waals surface area contributed by atoms with E-state index in [0.717, 1.165) is 0 Å². The van der Waals surface area contributed by atoms with Crippen molar-refractivity contribution in [3.05, 3.63) is 63.9 Å². The number of halogens is 3. The van der Waals surface area contributed by atoms with Crippen LogP contribution >= 0.6 is 23.2 Å². The first-order valence-electron chi connectivity index (χ1n) is 8.21. The van der Waals surface area contributed by atoms with Gasteiger partial charge >= 0.3 is 0 Å². The summed E-state index contributed by atoms with van der Waals surface area (Å²) >= 11 is 12.0. The molecule has 2 amide bonds. The van der Waals surface area contributed by atoms with E-state index in [9.17, 15) is 14.0 Å². The van der Waals surface area contributed by atoms with Crippen molar-refractivity contribution in [3.63, 3.8) is 0 Å². The van der Waals surface area contributed by atoms with Gasteiger partial charge in [-0.3, -0.25) is 9.59 Å². The number of likely N-dealkylation sites (tertiary alicyclic amines) is 1. The van der Waals surface area contributed by atoms with Crippen molar-refractivity contribution in [2.24, 2.45) is 5.92 Å². The number of carbonyl (C=O) groups is 2. The Labute approximate surface area is 160 Å². The molecule has 0 aliphatic carbocycles. The lowest BCUT2D eigenvalue weighted by Gasteiger charge is -2.17. The summed E-state index contributed by atoms with van der Waals surface area (Å²) in [7, 11) is 0. The monoisotopic (exact) mass is 394 g/mol. The van der Waals surface area contributed by atoms with Gasteiger partial charge in [0.1, 0.15) is 5.82 Å². The quantitative estimate of drug-likeness (QED) is 0.827. The van der Waals surface area contributed by atoms with E-state index in [-0.39, 0.29) is 29.1 Å². The van der Waals surface area contributed by atoms with Crippen LogP contribution in [0.5, 0.6) is 0 Å². The van der Waals surface area contributed by atoms with Gasteiger partial charge in [0.15, 0.2) is 0 Å². The zero-order chi connectivity index (χ0) is 18.7. The summed E-state index contributed by atoms with van der Waals surface area (Å²) in [6.07, 6.45) is 0.536. The molecule has 136 valence electrons. The lowest BCUT2D eigenvalue weighted by atomic mass is 10.1. The maximum atomic E-state index is 13.7. The number of carbonyl (C=O) groups excluding carboxylic acids is 2. The fourth-order valence-electron chi connectivity index (χ4n) is 2.96. The van der Waals surface area contributed by atoms with Gasteiger partial charge in [0, 0.05) is 19.5 Å². The van der Waals surface area contributed by atoms with Crippen molar-refractivity contribution >= 4 is 40.7 Å². The predicted molar refractivity (Wildman–Crippen MR) is 99.9 cm³/mol. The number of hydrogen-bond donors (Lipinski definition) is 1. The fraction of sp³-hybridized carbons (Fsp3) is 0.263. The second-order valence-corrected chi connectivity index (χ2v) is 6.96. The number of rotatable bonds is 5. The summed E-state index contributed by atoms with van der Waals surface area (Å²) in [6, 6.07) is 11.4.